The first-order valence-electron chi connectivity index (χ1n) is 15.1. The van der Waals surface area contributed by atoms with E-state index < -0.39 is 0 Å². The summed E-state index contributed by atoms with van der Waals surface area (Å²) in [5, 5.41) is 21.8. The number of carbonyl (C=O) groups is 1. The standard InChI is InChI=1S/C34H37N7O2/c1-3-33(42)41-17-16-39(21-27(41)11-13-35)26-9-10-29-24(18-26)6-4-8-32(29)40-15-12-25-20-37-34(30(19-36)31(25)22-40)43-23-28-7-5-14-38(28)2/h3-4,6,8-10,18,20,27-28H,1,5,7,11-12,14-17,21-23H2,2H3/t27?,28-/m0/s1. The van der Waals surface area contributed by atoms with Crippen LogP contribution in [0.3, 0.4) is 0 Å². The number of nitrogens with zero attached hydrogens (tertiary/aromatic N) is 7. The van der Waals surface area contributed by atoms with Crippen molar-refractivity contribution < 1.29 is 9.53 Å². The lowest BCUT2D eigenvalue weighted by atomic mass is 9.96. The van der Waals surface area contributed by atoms with E-state index in [4.69, 9.17) is 4.74 Å². The molecule has 3 aliphatic rings. The molecule has 1 amide bonds. The molecule has 0 N–H and O–H groups in total. The average molecular weight is 576 g/mol. The van der Waals surface area contributed by atoms with E-state index in [0.717, 1.165) is 59.2 Å². The Bertz CT molecular complexity index is 1620. The fourth-order valence-corrected chi connectivity index (χ4v) is 6.79. The molecule has 0 spiro atoms. The number of nitriles is 2. The van der Waals surface area contributed by atoms with Crippen molar-refractivity contribution in [3.05, 3.63) is 71.9 Å². The van der Waals surface area contributed by atoms with Crippen molar-refractivity contribution in [3.63, 3.8) is 0 Å². The van der Waals surface area contributed by atoms with Gasteiger partial charge in [0.25, 0.3) is 0 Å². The minimum Gasteiger partial charge on any atom is -0.475 e. The van der Waals surface area contributed by atoms with E-state index >= 15 is 0 Å². The summed E-state index contributed by atoms with van der Waals surface area (Å²) in [6.07, 6.45) is 6.59. The van der Waals surface area contributed by atoms with Gasteiger partial charge in [0.05, 0.1) is 18.5 Å². The van der Waals surface area contributed by atoms with Crippen LogP contribution >= 0.6 is 0 Å². The quantitative estimate of drug-likeness (QED) is 0.386. The van der Waals surface area contributed by atoms with Gasteiger partial charge in [-0.2, -0.15) is 10.5 Å². The predicted octanol–water partition coefficient (Wildman–Crippen LogP) is 4.26. The Morgan fingerprint density at radius 2 is 2.02 bits per heavy atom. The number of rotatable bonds is 7. The highest BCUT2D eigenvalue weighted by molar-refractivity contribution is 5.96. The maximum Gasteiger partial charge on any atom is 0.246 e. The fraction of sp³-hybridized carbons (Fsp3) is 0.412. The Morgan fingerprint density at radius 3 is 2.79 bits per heavy atom. The summed E-state index contributed by atoms with van der Waals surface area (Å²) >= 11 is 0. The Morgan fingerprint density at radius 1 is 1.14 bits per heavy atom. The summed E-state index contributed by atoms with van der Waals surface area (Å²) in [5.74, 6) is 0.317. The highest BCUT2D eigenvalue weighted by Crippen LogP contribution is 2.35. The molecule has 1 aromatic heterocycles. The van der Waals surface area contributed by atoms with E-state index in [2.05, 4.69) is 81.8 Å². The molecule has 0 saturated carbocycles. The molecule has 9 nitrogen and oxygen atoms in total. The molecule has 0 bridgehead atoms. The van der Waals surface area contributed by atoms with Crippen LogP contribution in [0.2, 0.25) is 0 Å². The lowest BCUT2D eigenvalue weighted by molar-refractivity contribution is -0.128. The monoisotopic (exact) mass is 575 g/mol. The molecule has 2 fully saturated rings. The summed E-state index contributed by atoms with van der Waals surface area (Å²) < 4.78 is 6.14. The average Bonchev–Trinajstić information content (AvgIpc) is 3.46. The number of hydrogen-bond donors (Lipinski definition) is 0. The van der Waals surface area contributed by atoms with Crippen molar-refractivity contribution in [3.8, 4) is 18.0 Å². The molecule has 220 valence electrons. The van der Waals surface area contributed by atoms with E-state index in [1.54, 1.807) is 4.90 Å². The van der Waals surface area contributed by atoms with Crippen molar-refractivity contribution in [1.82, 2.24) is 14.8 Å². The number of amides is 1. The summed E-state index contributed by atoms with van der Waals surface area (Å²) in [4.78, 5) is 25.6. The Balaban J connectivity index is 1.23. The molecule has 3 aliphatic heterocycles. The van der Waals surface area contributed by atoms with Crippen LogP contribution in [-0.2, 0) is 17.8 Å². The van der Waals surface area contributed by atoms with Crippen molar-refractivity contribution in [1.29, 1.82) is 10.5 Å². The van der Waals surface area contributed by atoms with Gasteiger partial charge in [-0.25, -0.2) is 4.98 Å². The van der Waals surface area contributed by atoms with E-state index in [-0.39, 0.29) is 18.4 Å². The third-order valence-electron chi connectivity index (χ3n) is 9.25. The minimum absolute atomic E-state index is 0.124. The maximum absolute atomic E-state index is 12.3. The van der Waals surface area contributed by atoms with Crippen LogP contribution < -0.4 is 14.5 Å². The van der Waals surface area contributed by atoms with E-state index in [1.807, 2.05) is 6.20 Å². The second kappa shape index (κ2) is 12.3. The first-order valence-corrected chi connectivity index (χ1v) is 15.1. The van der Waals surface area contributed by atoms with Crippen molar-refractivity contribution in [2.24, 2.45) is 0 Å². The van der Waals surface area contributed by atoms with Crippen molar-refractivity contribution in [2.45, 2.75) is 44.3 Å². The van der Waals surface area contributed by atoms with E-state index in [9.17, 15) is 15.3 Å². The highest BCUT2D eigenvalue weighted by atomic mass is 16.5. The summed E-state index contributed by atoms with van der Waals surface area (Å²) in [6, 6.07) is 17.7. The van der Waals surface area contributed by atoms with Crippen LogP contribution in [0.15, 0.2) is 55.3 Å². The number of fused-ring (bicyclic) bond motifs is 2. The third kappa shape index (κ3) is 5.61. The number of pyridine rings is 1. The minimum atomic E-state index is -0.170. The number of aromatic nitrogens is 1. The molecule has 2 atom stereocenters. The van der Waals surface area contributed by atoms with E-state index in [0.29, 0.717) is 50.3 Å². The zero-order chi connectivity index (χ0) is 29.9. The van der Waals surface area contributed by atoms with Crippen LogP contribution in [0.25, 0.3) is 10.8 Å². The number of likely N-dealkylation sites (N-methyl/N-ethyl adjacent to an activating group) is 1. The van der Waals surface area contributed by atoms with Gasteiger partial charge in [-0.05, 0) is 73.6 Å². The van der Waals surface area contributed by atoms with Gasteiger partial charge in [0.2, 0.25) is 11.8 Å². The normalized spacial score (nSPS) is 20.4. The van der Waals surface area contributed by atoms with Crippen LogP contribution in [0.5, 0.6) is 5.88 Å². The second-order valence-corrected chi connectivity index (χ2v) is 11.7. The van der Waals surface area contributed by atoms with Gasteiger partial charge in [0, 0.05) is 61.7 Å². The van der Waals surface area contributed by atoms with Gasteiger partial charge in [-0.1, -0.05) is 24.8 Å². The van der Waals surface area contributed by atoms with Crippen LogP contribution in [0.1, 0.15) is 36.0 Å². The number of benzene rings is 2. The second-order valence-electron chi connectivity index (χ2n) is 11.7. The van der Waals surface area contributed by atoms with Crippen LogP contribution in [-0.4, -0.2) is 79.2 Å². The molecule has 0 radical (unpaired) electrons. The molecule has 4 heterocycles. The zero-order valence-electron chi connectivity index (χ0n) is 24.7. The van der Waals surface area contributed by atoms with Crippen molar-refractivity contribution in [2.75, 3.05) is 56.2 Å². The Hall–Kier alpha value is -4.60. The molecular formula is C34H37N7O2. The van der Waals surface area contributed by atoms with E-state index in [1.165, 1.54) is 12.5 Å². The van der Waals surface area contributed by atoms with Gasteiger partial charge in [0.1, 0.15) is 18.2 Å². The molecule has 0 aliphatic carbocycles. The molecule has 2 aromatic carbocycles. The Kier molecular flexibility index (Phi) is 8.18. The molecule has 3 aromatic rings. The molecule has 9 heteroatoms. The highest BCUT2D eigenvalue weighted by Gasteiger charge is 2.30. The first kappa shape index (κ1) is 28.5. The van der Waals surface area contributed by atoms with Gasteiger partial charge >= 0.3 is 0 Å². The smallest absolute Gasteiger partial charge is 0.246 e. The SMILES string of the molecule is C=CC(=O)N1CCN(c2ccc3c(N4CCc5cnc(OC[C@@H]6CCCN6C)c(C#N)c5C4)cccc3c2)CC1CC#N. The number of piperazine rings is 1. The Labute approximate surface area is 253 Å². The molecule has 43 heavy (non-hydrogen) atoms. The molecule has 2 saturated heterocycles. The lowest BCUT2D eigenvalue weighted by Gasteiger charge is -2.41. The third-order valence-corrected chi connectivity index (χ3v) is 9.25. The number of ether oxygens (including phenoxy) is 1. The number of hydrogen-bond acceptors (Lipinski definition) is 8. The zero-order valence-corrected chi connectivity index (χ0v) is 24.7. The lowest BCUT2D eigenvalue weighted by Crippen LogP contribution is -2.54. The number of likely N-dealkylation sites (tertiary alicyclic amines) is 1. The van der Waals surface area contributed by atoms with Gasteiger partial charge in [-0.15, -0.1) is 0 Å². The summed E-state index contributed by atoms with van der Waals surface area (Å²) in [6.45, 7) is 8.56. The first-order chi connectivity index (χ1) is 21.0. The maximum atomic E-state index is 12.3. The molecular weight excluding hydrogens is 538 g/mol. The van der Waals surface area contributed by atoms with Crippen molar-refractivity contribution >= 4 is 28.1 Å². The van der Waals surface area contributed by atoms with Crippen LogP contribution in [0, 0.1) is 22.7 Å². The van der Waals surface area contributed by atoms with Gasteiger partial charge in [-0.3, -0.25) is 4.79 Å². The summed E-state index contributed by atoms with van der Waals surface area (Å²) in [5.41, 5.74) is 4.87. The summed E-state index contributed by atoms with van der Waals surface area (Å²) in [7, 11) is 2.12. The number of anilines is 2. The predicted molar refractivity (Wildman–Crippen MR) is 167 cm³/mol. The topological polar surface area (TPSA) is 99.7 Å². The van der Waals surface area contributed by atoms with Gasteiger partial charge < -0.3 is 24.3 Å². The molecule has 1 unspecified atom stereocenters. The fourth-order valence-electron chi connectivity index (χ4n) is 6.79. The van der Waals surface area contributed by atoms with Crippen LogP contribution in [0.4, 0.5) is 11.4 Å². The van der Waals surface area contributed by atoms with Gasteiger partial charge in [0.15, 0.2) is 0 Å². The largest absolute Gasteiger partial charge is 0.475 e. The number of carbonyl (C=O) groups excluding carboxylic acids is 1. The molecule has 6 rings (SSSR count).